The largest absolute Gasteiger partial charge is 0.355 e. The molecule has 124 valence electrons. The molecule has 0 atom stereocenters. The fourth-order valence-electron chi connectivity index (χ4n) is 2.24. The number of benzene rings is 1. The lowest BCUT2D eigenvalue weighted by atomic mass is 10.1. The van der Waals surface area contributed by atoms with Gasteiger partial charge in [-0.3, -0.25) is 9.36 Å². The highest BCUT2D eigenvalue weighted by Crippen LogP contribution is 2.13. The summed E-state index contributed by atoms with van der Waals surface area (Å²) in [5.41, 5.74) is 2.25. The SMILES string of the molecule is CCCn1c(SCC(=O)NCCc2ccccc2C)n[nH]c1=O. The van der Waals surface area contributed by atoms with Gasteiger partial charge in [0.1, 0.15) is 0 Å². The van der Waals surface area contributed by atoms with E-state index < -0.39 is 0 Å². The first kappa shape index (κ1) is 17.3. The van der Waals surface area contributed by atoms with E-state index in [4.69, 9.17) is 0 Å². The molecule has 2 N–H and O–H groups in total. The van der Waals surface area contributed by atoms with Gasteiger partial charge in [0.2, 0.25) is 5.91 Å². The van der Waals surface area contributed by atoms with Gasteiger partial charge < -0.3 is 5.32 Å². The molecule has 2 aromatic rings. The van der Waals surface area contributed by atoms with Crippen molar-refractivity contribution in [1.82, 2.24) is 20.1 Å². The second kappa shape index (κ2) is 8.57. The van der Waals surface area contributed by atoms with Gasteiger partial charge in [0.15, 0.2) is 5.16 Å². The van der Waals surface area contributed by atoms with Crippen LogP contribution in [0.15, 0.2) is 34.2 Å². The molecule has 2 rings (SSSR count). The predicted molar refractivity (Wildman–Crippen MR) is 91.8 cm³/mol. The van der Waals surface area contributed by atoms with Crippen molar-refractivity contribution in [2.45, 2.75) is 38.4 Å². The molecule has 0 aliphatic carbocycles. The minimum atomic E-state index is -0.227. The lowest BCUT2D eigenvalue weighted by Crippen LogP contribution is -2.27. The van der Waals surface area contributed by atoms with Crippen LogP contribution in [0.2, 0.25) is 0 Å². The normalized spacial score (nSPS) is 10.7. The molecule has 0 aliphatic rings. The van der Waals surface area contributed by atoms with Crippen LogP contribution in [0.25, 0.3) is 0 Å². The zero-order valence-electron chi connectivity index (χ0n) is 13.5. The summed E-state index contributed by atoms with van der Waals surface area (Å²) in [6.45, 7) is 5.27. The Morgan fingerprint density at radius 3 is 2.91 bits per heavy atom. The van der Waals surface area contributed by atoms with Crippen LogP contribution in [-0.2, 0) is 17.8 Å². The van der Waals surface area contributed by atoms with Gasteiger partial charge in [-0.1, -0.05) is 43.0 Å². The number of nitrogens with one attached hydrogen (secondary N) is 2. The highest BCUT2D eigenvalue weighted by molar-refractivity contribution is 7.99. The summed E-state index contributed by atoms with van der Waals surface area (Å²) < 4.78 is 1.56. The molecule has 7 heteroatoms. The summed E-state index contributed by atoms with van der Waals surface area (Å²) in [5.74, 6) is 0.198. The van der Waals surface area contributed by atoms with Crippen molar-refractivity contribution in [2.24, 2.45) is 0 Å². The second-order valence-electron chi connectivity index (χ2n) is 5.28. The molecule has 23 heavy (non-hydrogen) atoms. The molecule has 0 unspecified atom stereocenters. The number of thioether (sulfide) groups is 1. The van der Waals surface area contributed by atoms with E-state index in [0.29, 0.717) is 18.2 Å². The van der Waals surface area contributed by atoms with E-state index in [1.807, 2.05) is 19.1 Å². The minimum absolute atomic E-state index is 0.0536. The molecule has 0 radical (unpaired) electrons. The summed E-state index contributed by atoms with van der Waals surface area (Å²) in [5, 5.41) is 9.84. The molecule has 0 bridgehead atoms. The van der Waals surface area contributed by atoms with Crippen LogP contribution in [0.1, 0.15) is 24.5 Å². The van der Waals surface area contributed by atoms with E-state index in [-0.39, 0.29) is 17.3 Å². The van der Waals surface area contributed by atoms with E-state index in [1.54, 1.807) is 4.57 Å². The van der Waals surface area contributed by atoms with E-state index in [1.165, 1.54) is 22.9 Å². The maximum absolute atomic E-state index is 11.9. The second-order valence-corrected chi connectivity index (χ2v) is 6.22. The smallest absolute Gasteiger partial charge is 0.343 e. The molecule has 0 saturated heterocycles. The van der Waals surface area contributed by atoms with Crippen LogP contribution >= 0.6 is 11.8 Å². The summed E-state index contributed by atoms with van der Waals surface area (Å²) in [7, 11) is 0. The summed E-state index contributed by atoms with van der Waals surface area (Å²) >= 11 is 1.27. The minimum Gasteiger partial charge on any atom is -0.355 e. The van der Waals surface area contributed by atoms with Gasteiger partial charge in [-0.05, 0) is 30.9 Å². The fourth-order valence-corrected chi connectivity index (χ4v) is 3.05. The molecular weight excluding hydrogens is 312 g/mol. The summed E-state index contributed by atoms with van der Waals surface area (Å²) in [6.07, 6.45) is 1.65. The van der Waals surface area contributed by atoms with E-state index >= 15 is 0 Å². The molecule has 0 spiro atoms. The topological polar surface area (TPSA) is 79.8 Å². The van der Waals surface area contributed by atoms with Crippen LogP contribution < -0.4 is 11.0 Å². The summed E-state index contributed by atoms with van der Waals surface area (Å²) in [4.78, 5) is 23.5. The van der Waals surface area contributed by atoms with Crippen LogP contribution in [0.4, 0.5) is 0 Å². The Morgan fingerprint density at radius 2 is 2.17 bits per heavy atom. The molecule has 6 nitrogen and oxygen atoms in total. The van der Waals surface area contributed by atoms with Crippen LogP contribution in [0.3, 0.4) is 0 Å². The lowest BCUT2D eigenvalue weighted by molar-refractivity contribution is -0.118. The van der Waals surface area contributed by atoms with E-state index in [0.717, 1.165) is 12.8 Å². The lowest BCUT2D eigenvalue weighted by Gasteiger charge is -2.07. The number of aromatic amines is 1. The molecule has 0 fully saturated rings. The highest BCUT2D eigenvalue weighted by atomic mass is 32.2. The molecule has 1 heterocycles. The number of carbonyl (C=O) groups is 1. The number of aryl methyl sites for hydroxylation is 1. The van der Waals surface area contributed by atoms with Crippen molar-refractivity contribution in [2.75, 3.05) is 12.3 Å². The monoisotopic (exact) mass is 334 g/mol. The standard InChI is InChI=1S/C16H22N4O2S/c1-3-10-20-15(22)18-19-16(20)23-11-14(21)17-9-8-13-7-5-4-6-12(13)2/h4-7H,3,8-11H2,1-2H3,(H,17,21)(H,18,22). The van der Waals surface area contributed by atoms with Crippen molar-refractivity contribution >= 4 is 17.7 Å². The molecule has 1 aromatic carbocycles. The zero-order valence-corrected chi connectivity index (χ0v) is 14.3. The van der Waals surface area contributed by atoms with Crippen molar-refractivity contribution in [3.8, 4) is 0 Å². The number of rotatable bonds is 8. The van der Waals surface area contributed by atoms with Gasteiger partial charge in [0.25, 0.3) is 0 Å². The molecule has 1 aromatic heterocycles. The third-order valence-electron chi connectivity index (χ3n) is 3.48. The first-order chi connectivity index (χ1) is 11.1. The molecule has 0 aliphatic heterocycles. The molecular formula is C16H22N4O2S. The average Bonchev–Trinajstić information content (AvgIpc) is 2.88. The summed E-state index contributed by atoms with van der Waals surface area (Å²) in [6, 6.07) is 8.15. The third-order valence-corrected chi connectivity index (χ3v) is 4.46. The van der Waals surface area contributed by atoms with Gasteiger partial charge in [-0.25, -0.2) is 9.89 Å². The zero-order chi connectivity index (χ0) is 16.7. The van der Waals surface area contributed by atoms with Crippen molar-refractivity contribution < 1.29 is 4.79 Å². The fraction of sp³-hybridized carbons (Fsp3) is 0.438. The number of carbonyl (C=O) groups excluding carboxylic acids is 1. The number of aromatic nitrogens is 3. The number of hydrogen-bond acceptors (Lipinski definition) is 4. The average molecular weight is 334 g/mol. The number of hydrogen-bond donors (Lipinski definition) is 2. The van der Waals surface area contributed by atoms with Crippen molar-refractivity contribution in [1.29, 1.82) is 0 Å². The Balaban J connectivity index is 1.77. The van der Waals surface area contributed by atoms with E-state index in [9.17, 15) is 9.59 Å². The number of amides is 1. The molecule has 1 amide bonds. The van der Waals surface area contributed by atoms with Crippen LogP contribution in [0, 0.1) is 6.92 Å². The Morgan fingerprint density at radius 1 is 1.39 bits per heavy atom. The highest BCUT2D eigenvalue weighted by Gasteiger charge is 2.10. The van der Waals surface area contributed by atoms with Crippen LogP contribution in [-0.4, -0.2) is 33.0 Å². The van der Waals surface area contributed by atoms with Crippen LogP contribution in [0.5, 0.6) is 0 Å². The van der Waals surface area contributed by atoms with Gasteiger partial charge in [0, 0.05) is 13.1 Å². The maximum atomic E-state index is 11.9. The van der Waals surface area contributed by atoms with Gasteiger partial charge >= 0.3 is 5.69 Å². The Kier molecular flexibility index (Phi) is 6.46. The Bertz CT molecular complexity index is 708. The number of H-pyrrole nitrogens is 1. The van der Waals surface area contributed by atoms with E-state index in [2.05, 4.69) is 34.6 Å². The van der Waals surface area contributed by atoms with Gasteiger partial charge in [0.05, 0.1) is 5.75 Å². The first-order valence-corrected chi connectivity index (χ1v) is 8.69. The van der Waals surface area contributed by atoms with Crippen molar-refractivity contribution in [3.63, 3.8) is 0 Å². The third kappa shape index (κ3) is 4.99. The Hall–Kier alpha value is -2.02. The predicted octanol–water partition coefficient (Wildman–Crippen LogP) is 1.74. The quantitative estimate of drug-likeness (QED) is 0.721. The Labute approximate surface area is 139 Å². The maximum Gasteiger partial charge on any atom is 0.343 e. The van der Waals surface area contributed by atoms with Gasteiger partial charge in [-0.2, -0.15) is 0 Å². The number of nitrogens with zero attached hydrogens (tertiary/aromatic N) is 2. The van der Waals surface area contributed by atoms with Gasteiger partial charge in [-0.15, -0.1) is 5.10 Å². The molecule has 0 saturated carbocycles. The first-order valence-electron chi connectivity index (χ1n) is 7.71. The van der Waals surface area contributed by atoms with Crippen molar-refractivity contribution in [3.05, 3.63) is 45.9 Å².